The van der Waals surface area contributed by atoms with Gasteiger partial charge in [-0.25, -0.2) is 9.78 Å². The Morgan fingerprint density at radius 1 is 1.57 bits per heavy atom. The molecular weight excluding hydrogens is 294 g/mol. The Labute approximate surface area is 126 Å². The molecule has 1 fully saturated rings. The minimum atomic E-state index is -0.735. The standard InChI is InChI=1S/C13H17N3O4S/c1-20-13(17)10-2-5-14-12(11(10)16(18)19)15-8-9-3-6-21-7-4-9/h2,5,9H,3-4,6-8H2,1H3,(H,14,15). The van der Waals surface area contributed by atoms with Crippen LogP contribution in [0.4, 0.5) is 11.5 Å². The Bertz CT molecular complexity index is 532. The van der Waals surface area contributed by atoms with E-state index in [0.29, 0.717) is 12.5 Å². The lowest BCUT2D eigenvalue weighted by Gasteiger charge is -2.21. The van der Waals surface area contributed by atoms with Crippen LogP contribution in [0.1, 0.15) is 23.2 Å². The van der Waals surface area contributed by atoms with E-state index in [4.69, 9.17) is 0 Å². The summed E-state index contributed by atoms with van der Waals surface area (Å²) >= 11 is 1.92. The molecule has 1 N–H and O–H groups in total. The molecule has 1 aliphatic rings. The molecule has 0 unspecified atom stereocenters. The van der Waals surface area contributed by atoms with Gasteiger partial charge >= 0.3 is 11.7 Å². The number of ether oxygens (including phenoxy) is 1. The van der Waals surface area contributed by atoms with Crippen molar-refractivity contribution in [3.63, 3.8) is 0 Å². The number of thioether (sulfide) groups is 1. The highest BCUT2D eigenvalue weighted by Crippen LogP contribution is 2.28. The van der Waals surface area contributed by atoms with Crippen molar-refractivity contribution in [1.82, 2.24) is 4.98 Å². The normalized spacial score (nSPS) is 15.5. The van der Waals surface area contributed by atoms with Crippen LogP contribution < -0.4 is 5.32 Å². The van der Waals surface area contributed by atoms with Crippen LogP contribution in [0.15, 0.2) is 12.3 Å². The fraction of sp³-hybridized carbons (Fsp3) is 0.538. The zero-order valence-electron chi connectivity index (χ0n) is 11.7. The van der Waals surface area contributed by atoms with Crippen molar-refractivity contribution in [3.8, 4) is 0 Å². The quantitative estimate of drug-likeness (QED) is 0.506. The summed E-state index contributed by atoms with van der Waals surface area (Å²) in [7, 11) is 1.19. The van der Waals surface area contributed by atoms with Gasteiger partial charge in [0.25, 0.3) is 0 Å². The van der Waals surface area contributed by atoms with E-state index in [1.165, 1.54) is 19.4 Å². The molecule has 21 heavy (non-hydrogen) atoms. The highest BCUT2D eigenvalue weighted by molar-refractivity contribution is 7.99. The minimum Gasteiger partial charge on any atom is -0.465 e. The Balaban J connectivity index is 2.17. The third kappa shape index (κ3) is 3.84. The highest BCUT2D eigenvalue weighted by atomic mass is 32.2. The molecule has 0 saturated carbocycles. The van der Waals surface area contributed by atoms with Crippen LogP contribution in [-0.4, -0.2) is 41.0 Å². The number of methoxy groups -OCH3 is 1. The van der Waals surface area contributed by atoms with Gasteiger partial charge in [-0.15, -0.1) is 0 Å². The molecule has 0 aromatic carbocycles. The summed E-state index contributed by atoms with van der Waals surface area (Å²) in [5, 5.41) is 14.2. The van der Waals surface area contributed by atoms with Crippen LogP contribution in [0.2, 0.25) is 0 Å². The summed E-state index contributed by atoms with van der Waals surface area (Å²) in [5.74, 6) is 2.10. The second kappa shape index (κ2) is 7.26. The lowest BCUT2D eigenvalue weighted by Crippen LogP contribution is -2.20. The number of hydrogen-bond donors (Lipinski definition) is 1. The molecule has 0 aliphatic carbocycles. The molecule has 0 amide bonds. The van der Waals surface area contributed by atoms with E-state index in [1.54, 1.807) is 0 Å². The molecule has 8 heteroatoms. The second-order valence-electron chi connectivity index (χ2n) is 4.74. The van der Waals surface area contributed by atoms with Crippen molar-refractivity contribution >= 4 is 29.2 Å². The number of carbonyl (C=O) groups excluding carboxylic acids is 1. The van der Waals surface area contributed by atoms with E-state index < -0.39 is 10.9 Å². The monoisotopic (exact) mass is 311 g/mol. The van der Waals surface area contributed by atoms with Crippen molar-refractivity contribution in [2.24, 2.45) is 5.92 Å². The van der Waals surface area contributed by atoms with Crippen molar-refractivity contribution in [1.29, 1.82) is 0 Å². The maximum absolute atomic E-state index is 11.6. The van der Waals surface area contributed by atoms with E-state index in [9.17, 15) is 14.9 Å². The van der Waals surface area contributed by atoms with Gasteiger partial charge in [0.05, 0.1) is 12.0 Å². The molecule has 114 valence electrons. The third-order valence-corrected chi connectivity index (χ3v) is 4.46. The summed E-state index contributed by atoms with van der Waals surface area (Å²) < 4.78 is 4.57. The van der Waals surface area contributed by atoms with Crippen LogP contribution in [0.25, 0.3) is 0 Å². The minimum absolute atomic E-state index is 0.0841. The number of esters is 1. The Morgan fingerprint density at radius 2 is 2.29 bits per heavy atom. The molecule has 0 bridgehead atoms. The van der Waals surface area contributed by atoms with Crippen LogP contribution >= 0.6 is 11.8 Å². The van der Waals surface area contributed by atoms with E-state index in [1.807, 2.05) is 11.8 Å². The Hall–Kier alpha value is -1.83. The summed E-state index contributed by atoms with van der Waals surface area (Å²) in [5.41, 5.74) is -0.409. The van der Waals surface area contributed by atoms with Gasteiger partial charge in [-0.3, -0.25) is 10.1 Å². The topological polar surface area (TPSA) is 94.4 Å². The molecule has 1 aromatic rings. The molecule has 1 saturated heterocycles. The Kier molecular flexibility index (Phi) is 5.38. The maximum atomic E-state index is 11.6. The van der Waals surface area contributed by atoms with E-state index >= 15 is 0 Å². The number of nitro groups is 1. The number of hydrogen-bond acceptors (Lipinski definition) is 7. The van der Waals surface area contributed by atoms with Gasteiger partial charge in [0, 0.05) is 12.7 Å². The number of aromatic nitrogens is 1. The van der Waals surface area contributed by atoms with E-state index in [2.05, 4.69) is 15.0 Å². The first kappa shape index (κ1) is 15.6. The first-order chi connectivity index (χ1) is 10.1. The smallest absolute Gasteiger partial charge is 0.345 e. The number of nitrogens with one attached hydrogen (secondary N) is 1. The fourth-order valence-electron chi connectivity index (χ4n) is 2.23. The van der Waals surface area contributed by atoms with Crippen LogP contribution in [0.5, 0.6) is 0 Å². The molecule has 1 aliphatic heterocycles. The SMILES string of the molecule is COC(=O)c1ccnc(NCC2CCSCC2)c1[N+](=O)[O-]. The summed E-state index contributed by atoms with van der Waals surface area (Å²) in [6, 6.07) is 1.30. The molecule has 0 radical (unpaired) electrons. The Morgan fingerprint density at radius 3 is 2.90 bits per heavy atom. The second-order valence-corrected chi connectivity index (χ2v) is 5.97. The van der Waals surface area contributed by atoms with Gasteiger partial charge in [-0.1, -0.05) is 0 Å². The molecule has 0 spiro atoms. The lowest BCUT2D eigenvalue weighted by molar-refractivity contribution is -0.384. The average molecular weight is 311 g/mol. The summed E-state index contributed by atoms with van der Waals surface area (Å²) in [6.45, 7) is 0.624. The van der Waals surface area contributed by atoms with Gasteiger partial charge in [-0.05, 0) is 36.3 Å². The third-order valence-electron chi connectivity index (χ3n) is 3.41. The average Bonchev–Trinajstić information content (AvgIpc) is 2.52. The zero-order chi connectivity index (χ0) is 15.2. The van der Waals surface area contributed by atoms with E-state index in [0.717, 1.165) is 24.3 Å². The van der Waals surface area contributed by atoms with Gasteiger partial charge < -0.3 is 10.1 Å². The molecular formula is C13H17N3O4S. The first-order valence-corrected chi connectivity index (χ1v) is 7.82. The molecule has 0 atom stereocenters. The lowest BCUT2D eigenvalue weighted by atomic mass is 10.0. The van der Waals surface area contributed by atoms with Gasteiger partial charge in [0.1, 0.15) is 5.56 Å². The summed E-state index contributed by atoms with van der Waals surface area (Å²) in [6.07, 6.45) is 3.54. The van der Waals surface area contributed by atoms with Crippen molar-refractivity contribution in [2.75, 3.05) is 30.5 Å². The summed E-state index contributed by atoms with van der Waals surface area (Å²) in [4.78, 5) is 26.2. The van der Waals surface area contributed by atoms with Crippen LogP contribution in [0, 0.1) is 16.0 Å². The van der Waals surface area contributed by atoms with Crippen LogP contribution in [-0.2, 0) is 4.74 Å². The molecule has 2 heterocycles. The van der Waals surface area contributed by atoms with Crippen molar-refractivity contribution in [3.05, 3.63) is 27.9 Å². The van der Waals surface area contributed by atoms with E-state index in [-0.39, 0.29) is 17.1 Å². The number of pyridine rings is 1. The predicted molar refractivity (Wildman–Crippen MR) is 80.8 cm³/mol. The number of nitrogens with zero attached hydrogens (tertiary/aromatic N) is 2. The van der Waals surface area contributed by atoms with Gasteiger partial charge in [-0.2, -0.15) is 11.8 Å². The maximum Gasteiger partial charge on any atom is 0.345 e. The number of carbonyl (C=O) groups is 1. The van der Waals surface area contributed by atoms with Crippen molar-refractivity contribution < 1.29 is 14.5 Å². The van der Waals surface area contributed by atoms with Crippen LogP contribution in [0.3, 0.4) is 0 Å². The highest BCUT2D eigenvalue weighted by Gasteiger charge is 2.27. The molecule has 2 rings (SSSR count). The van der Waals surface area contributed by atoms with Gasteiger partial charge in [0.15, 0.2) is 0 Å². The number of rotatable bonds is 5. The molecule has 7 nitrogen and oxygen atoms in total. The zero-order valence-corrected chi connectivity index (χ0v) is 12.5. The largest absolute Gasteiger partial charge is 0.465 e. The fourth-order valence-corrected chi connectivity index (χ4v) is 3.44. The van der Waals surface area contributed by atoms with Gasteiger partial charge in [0.2, 0.25) is 5.82 Å². The first-order valence-electron chi connectivity index (χ1n) is 6.66. The molecule has 1 aromatic heterocycles. The predicted octanol–water partition coefficient (Wildman–Crippen LogP) is 2.33. The number of anilines is 1. The van der Waals surface area contributed by atoms with Crippen molar-refractivity contribution in [2.45, 2.75) is 12.8 Å².